The molecule has 0 unspecified atom stereocenters. The van der Waals surface area contributed by atoms with Crippen LogP contribution in [0.1, 0.15) is 78.2 Å². The Bertz CT molecular complexity index is 2160. The lowest BCUT2D eigenvalue weighted by Crippen LogP contribution is -2.56. The molecule has 2 aliphatic carbocycles. The number of anilines is 1. The number of ether oxygens (including phenoxy) is 3. The highest BCUT2D eigenvalue weighted by molar-refractivity contribution is 7.91. The van der Waals surface area contributed by atoms with Crippen LogP contribution in [0.5, 0.6) is 11.5 Å². The van der Waals surface area contributed by atoms with Crippen molar-refractivity contribution in [2.45, 2.75) is 114 Å². The first-order valence-corrected chi connectivity index (χ1v) is 22.7. The van der Waals surface area contributed by atoms with Crippen molar-refractivity contribution in [3.8, 4) is 22.9 Å². The van der Waals surface area contributed by atoms with E-state index in [1.165, 1.54) is 11.3 Å². The lowest BCUT2D eigenvalue weighted by Gasteiger charge is -2.31. The molecule has 5 atom stereocenters. The number of aromatic nitrogens is 2. The zero-order chi connectivity index (χ0) is 41.4. The molecular weight excluding hydrogens is 783 g/mol. The molecule has 2 saturated carbocycles. The summed E-state index contributed by atoms with van der Waals surface area (Å²) >= 11 is 1.49. The van der Waals surface area contributed by atoms with Crippen LogP contribution in [-0.2, 0) is 30.8 Å². The molecule has 7 rings (SSSR count). The summed E-state index contributed by atoms with van der Waals surface area (Å²) in [6.07, 6.45) is 5.30. The number of amides is 3. The lowest BCUT2D eigenvalue weighted by molar-refractivity contribution is -0.135. The Morgan fingerprint density at radius 3 is 2.62 bits per heavy atom. The number of nitrogens with zero attached hydrogens (tertiary/aromatic N) is 3. The molecule has 0 spiro atoms. The molecule has 17 heteroatoms. The fraction of sp³-hybridized carbons (Fsp3) is 0.585. The summed E-state index contributed by atoms with van der Waals surface area (Å²) in [4.78, 5) is 52.7. The molecule has 3 fully saturated rings. The average Bonchev–Trinajstić information content (AvgIpc) is 4.08. The minimum Gasteiger partial charge on any atom is -0.496 e. The van der Waals surface area contributed by atoms with Gasteiger partial charge in [-0.3, -0.25) is 14.3 Å². The van der Waals surface area contributed by atoms with E-state index in [1.54, 1.807) is 18.1 Å². The minimum atomic E-state index is -3.79. The number of hydrogen-bond acceptors (Lipinski definition) is 13. The van der Waals surface area contributed by atoms with Crippen LogP contribution in [0.3, 0.4) is 0 Å². The predicted molar refractivity (Wildman–Crippen MR) is 222 cm³/mol. The quantitative estimate of drug-likeness (QED) is 0.176. The molecule has 314 valence electrons. The molecule has 15 nitrogen and oxygen atoms in total. The number of sulfonamides is 1. The number of pyridine rings is 1. The molecule has 0 radical (unpaired) electrons. The highest BCUT2D eigenvalue weighted by atomic mass is 32.2. The van der Waals surface area contributed by atoms with E-state index < -0.39 is 51.0 Å². The zero-order valence-electron chi connectivity index (χ0n) is 33.8. The second-order valence-corrected chi connectivity index (χ2v) is 19.3. The first-order chi connectivity index (χ1) is 27.7. The van der Waals surface area contributed by atoms with Crippen molar-refractivity contribution in [3.05, 3.63) is 41.8 Å². The Balaban J connectivity index is 1.24. The maximum atomic E-state index is 14.5. The SMILES string of the molecule is C=C[C@H]1C[C@]1(NC[C@@H]1C[C@@H]2CN1C(=O)[C@H](C(C)C)NC(=O)OCCCCCc1cc3c(cc(-c4csc(NC(C)C)n4)nc3cc1OC)O2)C(=O)NS(=O)(=O)C1CC1. The minimum absolute atomic E-state index is 0.163. The molecule has 58 heavy (non-hydrogen) atoms. The Labute approximate surface area is 344 Å². The smallest absolute Gasteiger partial charge is 0.407 e. The van der Waals surface area contributed by atoms with Gasteiger partial charge in [0.25, 0.3) is 5.91 Å². The second kappa shape index (κ2) is 17.0. The van der Waals surface area contributed by atoms with Crippen LogP contribution in [0.4, 0.5) is 9.93 Å². The molecular formula is C41H55N7O8S2. The van der Waals surface area contributed by atoms with Gasteiger partial charge in [-0.1, -0.05) is 19.9 Å². The van der Waals surface area contributed by atoms with E-state index in [2.05, 4.69) is 47.2 Å². The van der Waals surface area contributed by atoms with Gasteiger partial charge in [0.2, 0.25) is 15.9 Å². The van der Waals surface area contributed by atoms with Crippen LogP contribution in [0.25, 0.3) is 22.3 Å². The summed E-state index contributed by atoms with van der Waals surface area (Å²) in [5.74, 6) is -0.206. The number of nitrogens with one attached hydrogen (secondary N) is 4. The summed E-state index contributed by atoms with van der Waals surface area (Å²) in [7, 11) is -2.15. The number of alkyl carbamates (subject to hydrolysis) is 1. The van der Waals surface area contributed by atoms with Gasteiger partial charge in [0, 0.05) is 53.9 Å². The lowest BCUT2D eigenvalue weighted by atomic mass is 10.0. The second-order valence-electron chi connectivity index (χ2n) is 16.5. The number of hydrogen-bond donors (Lipinski definition) is 4. The first kappa shape index (κ1) is 41.7. The maximum absolute atomic E-state index is 14.5. The number of rotatable bonds is 12. The van der Waals surface area contributed by atoms with Crippen LogP contribution in [-0.4, -0.2) is 103 Å². The van der Waals surface area contributed by atoms with E-state index in [4.69, 9.17) is 24.2 Å². The number of benzene rings is 1. The standard InChI is InChI=1S/C41H55N7O8S2/c1-7-26-19-41(26,38(50)47-58(52,53)29-12-13-29)42-20-27-16-28-21-48(27)37(49)36(23(2)3)46-40(51)55-14-10-8-9-11-25-15-30-31(17-34(25)54-6)44-32(18-35(30)56-28)33-22-57-39(45-33)43-24(4)5/h7,15,17-18,22-24,26-29,36,42H,1,8-14,16,19-21H2,2-6H3,(H,43,45)(H,46,51)(H,47,50)/t26-,27-,28+,36-,41+/m0/s1. The van der Waals surface area contributed by atoms with Crippen molar-refractivity contribution in [1.29, 1.82) is 0 Å². The van der Waals surface area contributed by atoms with Gasteiger partial charge in [0.15, 0.2) is 5.13 Å². The number of aryl methyl sites for hydroxylation is 1. The van der Waals surface area contributed by atoms with Crippen LogP contribution < -0.4 is 30.1 Å². The molecule has 4 aliphatic rings. The third-order valence-corrected chi connectivity index (χ3v) is 14.0. The largest absolute Gasteiger partial charge is 0.496 e. The summed E-state index contributed by atoms with van der Waals surface area (Å²) in [6, 6.07) is 4.71. The molecule has 4 N–H and O–H groups in total. The fourth-order valence-electron chi connectivity index (χ4n) is 7.91. The first-order valence-electron chi connectivity index (χ1n) is 20.3. The monoisotopic (exact) mass is 837 g/mol. The predicted octanol–water partition coefficient (Wildman–Crippen LogP) is 5.16. The summed E-state index contributed by atoms with van der Waals surface area (Å²) in [5, 5.41) is 12.5. The third-order valence-electron chi connectivity index (χ3n) is 11.4. The van der Waals surface area contributed by atoms with Crippen LogP contribution in [0.15, 0.2) is 36.2 Å². The normalized spacial score (nSPS) is 25.5. The molecule has 4 bridgehead atoms. The van der Waals surface area contributed by atoms with E-state index in [0.717, 1.165) is 35.3 Å². The Hall–Kier alpha value is -4.48. The van der Waals surface area contributed by atoms with Crippen molar-refractivity contribution in [1.82, 2.24) is 30.2 Å². The van der Waals surface area contributed by atoms with Crippen molar-refractivity contribution >= 4 is 55.3 Å². The van der Waals surface area contributed by atoms with E-state index in [9.17, 15) is 22.8 Å². The summed E-state index contributed by atoms with van der Waals surface area (Å²) < 4.78 is 46.2. The molecule has 3 amide bonds. The number of cyclic esters (lactones) is 1. The van der Waals surface area contributed by atoms with Crippen LogP contribution in [0, 0.1) is 11.8 Å². The van der Waals surface area contributed by atoms with E-state index in [0.29, 0.717) is 60.5 Å². The number of carbonyl (C=O) groups excluding carboxylic acids is 3. The van der Waals surface area contributed by atoms with Crippen LogP contribution in [0.2, 0.25) is 0 Å². The van der Waals surface area contributed by atoms with Crippen LogP contribution >= 0.6 is 11.3 Å². The van der Waals surface area contributed by atoms with E-state index in [1.807, 2.05) is 31.4 Å². The zero-order valence-corrected chi connectivity index (χ0v) is 35.5. The van der Waals surface area contributed by atoms with Gasteiger partial charge in [0.05, 0.1) is 36.7 Å². The fourth-order valence-corrected chi connectivity index (χ4v) is 10.1. The van der Waals surface area contributed by atoms with Crippen molar-refractivity contribution in [2.75, 3.05) is 32.1 Å². The van der Waals surface area contributed by atoms with Gasteiger partial charge >= 0.3 is 6.09 Å². The van der Waals surface area contributed by atoms with Crippen molar-refractivity contribution in [3.63, 3.8) is 0 Å². The maximum Gasteiger partial charge on any atom is 0.407 e. The van der Waals surface area contributed by atoms with E-state index in [-0.39, 0.29) is 43.5 Å². The van der Waals surface area contributed by atoms with Gasteiger partial charge in [-0.25, -0.2) is 23.2 Å². The number of methoxy groups -OCH3 is 1. The van der Waals surface area contributed by atoms with Gasteiger partial charge in [-0.15, -0.1) is 17.9 Å². The molecule has 1 saturated heterocycles. The van der Waals surface area contributed by atoms with Gasteiger partial charge < -0.3 is 35.1 Å². The topological polar surface area (TPSA) is 190 Å². The van der Waals surface area contributed by atoms with Gasteiger partial charge in [-0.05, 0) is 76.3 Å². The summed E-state index contributed by atoms with van der Waals surface area (Å²) in [6.45, 7) is 12.3. The van der Waals surface area contributed by atoms with E-state index >= 15 is 0 Å². The molecule has 4 heterocycles. The highest BCUT2D eigenvalue weighted by Gasteiger charge is 2.60. The summed E-state index contributed by atoms with van der Waals surface area (Å²) in [5.41, 5.74) is 1.79. The molecule has 1 aromatic carbocycles. The van der Waals surface area contributed by atoms with Gasteiger partial charge in [-0.2, -0.15) is 0 Å². The highest BCUT2D eigenvalue weighted by Crippen LogP contribution is 2.45. The Morgan fingerprint density at radius 1 is 1.14 bits per heavy atom. The Morgan fingerprint density at radius 2 is 1.93 bits per heavy atom. The third kappa shape index (κ3) is 9.05. The molecule has 2 aromatic heterocycles. The molecule has 2 aliphatic heterocycles. The van der Waals surface area contributed by atoms with Gasteiger partial charge in [0.1, 0.15) is 34.9 Å². The van der Waals surface area contributed by atoms with Crippen molar-refractivity contribution < 1.29 is 37.0 Å². The molecule has 3 aromatic rings. The Kier molecular flexibility index (Phi) is 12.2. The number of fused-ring (bicyclic) bond motifs is 3. The van der Waals surface area contributed by atoms with Crippen molar-refractivity contribution in [2.24, 2.45) is 11.8 Å². The number of carbonyl (C=O) groups is 3. The number of thiazole rings is 1. The average molecular weight is 838 g/mol.